The monoisotopic (exact) mass is 1850 g/mol. The molecule has 16 rings (SSSR count). The zero-order valence-corrected chi connectivity index (χ0v) is 66.8. The fourth-order valence-corrected chi connectivity index (χ4v) is 10.7. The molecule has 0 aliphatic rings. The van der Waals surface area contributed by atoms with E-state index in [4.69, 9.17) is 32.0 Å². The molecule has 9 heterocycles. The van der Waals surface area contributed by atoms with Crippen molar-refractivity contribution in [2.75, 3.05) is 14.2 Å². The fraction of sp³-hybridized carbons (Fsp3) is 0.125. The number of halogens is 5. The zero-order valence-electron chi connectivity index (χ0n) is 61.2. The Hall–Kier alpha value is -11.0. The van der Waals surface area contributed by atoms with Gasteiger partial charge in [-0.05, 0) is 150 Å². The molecule has 0 atom stereocenters. The smallest absolute Gasteiger partial charge is 0.486 e. The average Bonchev–Trinajstić information content (AvgIpc) is 1.62. The molecule has 0 aliphatic carbocycles. The van der Waals surface area contributed by atoms with Gasteiger partial charge in [-0.3, -0.25) is 9.54 Å². The normalized spacial score (nSPS) is 10.6. The van der Waals surface area contributed by atoms with E-state index in [9.17, 15) is 22.0 Å². The van der Waals surface area contributed by atoms with Crippen molar-refractivity contribution in [2.24, 2.45) is 0 Å². The Morgan fingerprint density at radius 3 is 1.13 bits per heavy atom. The Morgan fingerprint density at radius 2 is 0.745 bits per heavy atom. The number of aliphatic hydroxyl groups excluding tert-OH is 2. The van der Waals surface area contributed by atoms with Gasteiger partial charge in [-0.1, -0.05) is 131 Å². The maximum Gasteiger partial charge on any atom is 0.522 e. The van der Waals surface area contributed by atoms with Gasteiger partial charge in [0.05, 0.1) is 11.3 Å². The van der Waals surface area contributed by atoms with Gasteiger partial charge in [0.1, 0.15) is 17.2 Å². The molecule has 566 valence electrons. The van der Waals surface area contributed by atoms with Gasteiger partial charge in [-0.25, -0.2) is 18.7 Å². The first-order valence-corrected chi connectivity index (χ1v) is 35.0. The number of rotatable bonds is 7. The molecule has 0 saturated heterocycles. The van der Waals surface area contributed by atoms with Crippen LogP contribution in [-0.4, -0.2) is 77.8 Å². The molecule has 22 heteroatoms. The molecular weight excluding hydrogens is 1780 g/mol. The molecule has 3 N–H and O–H groups in total. The standard InChI is InChI=1S/C23H15FN2O.C23H14FN2O.3C13H12N.CHF3O3S.2CH4O.2Ir/c2*1-14-5-10-19-18-3-2-4-20(22(18)27-23(19)26-14)21-13-16(11-12-25-21)15-6-8-17(24)9-7-15;3*1-10-6-7-12(9-11(10)2)13-5-3-4-8-14-13;2-1(3,4)8(5,6)7;2*1-2;;/h2-13H,1H3;2-3,5-13H,1H3;3*3-6,8-9H,1-2H3;(H,5,6,7);2*2H,1H3;;/q;4*-1;;;;;. The molecule has 2 radical (unpaired) electrons. The molecule has 110 heavy (non-hydrogen) atoms. The molecule has 0 spiro atoms. The summed E-state index contributed by atoms with van der Waals surface area (Å²) in [5.74, 6) is -0.501. The minimum Gasteiger partial charge on any atom is -0.486 e. The summed E-state index contributed by atoms with van der Waals surface area (Å²) in [5.41, 5.74) is 19.8. The van der Waals surface area contributed by atoms with Crippen LogP contribution in [0.2, 0.25) is 0 Å². The minimum atomic E-state index is -5.84. The summed E-state index contributed by atoms with van der Waals surface area (Å²) in [4.78, 5) is 30.9. The van der Waals surface area contributed by atoms with Crippen LogP contribution in [0.25, 0.3) is 123 Å². The van der Waals surface area contributed by atoms with E-state index >= 15 is 0 Å². The molecule has 9 aromatic heterocycles. The quantitative estimate of drug-likeness (QED) is 0.0587. The van der Waals surface area contributed by atoms with Crippen molar-refractivity contribution in [3.05, 3.63) is 330 Å². The predicted octanol–water partition coefficient (Wildman–Crippen LogP) is 21.2. The van der Waals surface area contributed by atoms with Gasteiger partial charge in [0.15, 0.2) is 0 Å². The Morgan fingerprint density at radius 1 is 0.373 bits per heavy atom. The van der Waals surface area contributed by atoms with Crippen LogP contribution in [0.4, 0.5) is 22.0 Å². The van der Waals surface area contributed by atoms with Crippen molar-refractivity contribution in [1.29, 1.82) is 0 Å². The van der Waals surface area contributed by atoms with Gasteiger partial charge in [0.2, 0.25) is 11.4 Å². The second kappa shape index (κ2) is 40.4. The van der Waals surface area contributed by atoms with Crippen LogP contribution < -0.4 is 0 Å². The van der Waals surface area contributed by atoms with Crippen molar-refractivity contribution in [1.82, 2.24) is 34.9 Å². The number of aryl methyl sites for hydroxylation is 8. The Kier molecular flexibility index (Phi) is 31.7. The Balaban J connectivity index is 0.000000189. The van der Waals surface area contributed by atoms with Crippen LogP contribution in [0.5, 0.6) is 0 Å². The van der Waals surface area contributed by atoms with Gasteiger partial charge < -0.3 is 39.0 Å². The van der Waals surface area contributed by atoms with Crippen LogP contribution in [0.1, 0.15) is 44.8 Å². The first-order valence-electron chi connectivity index (χ1n) is 33.5. The zero-order chi connectivity index (χ0) is 77.7. The summed E-state index contributed by atoms with van der Waals surface area (Å²) >= 11 is 0. The maximum atomic E-state index is 13.2. The van der Waals surface area contributed by atoms with Gasteiger partial charge >= 0.3 is 15.6 Å². The van der Waals surface area contributed by atoms with E-state index in [1.54, 1.807) is 55.2 Å². The third-order valence-electron chi connectivity index (χ3n) is 16.7. The largest absolute Gasteiger partial charge is 0.522 e. The van der Waals surface area contributed by atoms with Crippen LogP contribution >= 0.6 is 0 Å². The van der Waals surface area contributed by atoms with E-state index in [-0.39, 0.29) is 51.8 Å². The molecule has 0 aliphatic heterocycles. The van der Waals surface area contributed by atoms with Crippen molar-refractivity contribution >= 4 is 54.3 Å². The van der Waals surface area contributed by atoms with E-state index in [0.717, 1.165) is 131 Å². The van der Waals surface area contributed by atoms with Crippen LogP contribution in [0, 0.1) is 91.3 Å². The minimum absolute atomic E-state index is 0. The van der Waals surface area contributed by atoms with Crippen molar-refractivity contribution in [2.45, 2.75) is 60.9 Å². The van der Waals surface area contributed by atoms with Crippen LogP contribution in [0.3, 0.4) is 0 Å². The number of fused-ring (bicyclic) bond motifs is 6. The van der Waals surface area contributed by atoms with Gasteiger partial charge in [0.25, 0.3) is 0 Å². The fourth-order valence-electron chi connectivity index (χ4n) is 10.7. The van der Waals surface area contributed by atoms with E-state index < -0.39 is 15.6 Å². The van der Waals surface area contributed by atoms with Crippen molar-refractivity contribution in [3.8, 4) is 78.5 Å². The number of hydrogen-bond donors (Lipinski definition) is 3. The molecule has 0 amide bonds. The number of aromatic nitrogens is 7. The molecule has 0 bridgehead atoms. The summed E-state index contributed by atoms with van der Waals surface area (Å²) < 4.78 is 96.1. The van der Waals surface area contributed by atoms with E-state index in [0.29, 0.717) is 17.0 Å². The van der Waals surface area contributed by atoms with Gasteiger partial charge in [-0.2, -0.15) is 21.6 Å². The molecule has 16 aromatic rings. The number of aliphatic hydroxyl groups is 2. The number of furan rings is 2. The molecule has 0 fully saturated rings. The molecule has 14 nitrogen and oxygen atoms in total. The first kappa shape index (κ1) is 86.2. The van der Waals surface area contributed by atoms with Crippen LogP contribution in [0.15, 0.2) is 258 Å². The predicted molar refractivity (Wildman–Crippen MR) is 416 cm³/mol. The SMILES string of the molecule is CO.CO.Cc1c[c-]c(-c2ccccn2)cc1C.Cc1c[c-]c(-c2ccccn2)cc1C.Cc1c[c-]c(-c2ccccn2)cc1C.Cc1ccc2c(n1)oc1c(-c3cc(-c4ccc(F)cc4)ccn3)[c-]ccc12.Cc1ccc2c(n1)oc1c(-c3cc(-c4ccc(F)cc4)ccn3)cccc12.O=S(=O)(O)C(F)(F)F.[Ir].[Ir]. The van der Waals surface area contributed by atoms with Crippen molar-refractivity contribution < 1.29 is 94.2 Å². The number of hydrogen-bond acceptors (Lipinski definition) is 13. The maximum absolute atomic E-state index is 13.2. The van der Waals surface area contributed by atoms with Crippen LogP contribution in [-0.2, 0) is 50.3 Å². The van der Waals surface area contributed by atoms with E-state index in [1.165, 1.54) is 57.6 Å². The number of pyridine rings is 7. The summed E-state index contributed by atoms with van der Waals surface area (Å²) in [5, 5.41) is 18.0. The Labute approximate surface area is 662 Å². The molecule has 7 aromatic carbocycles. The van der Waals surface area contributed by atoms with E-state index in [2.05, 4.69) is 119 Å². The topological polar surface area (TPSA) is 211 Å². The average molecular weight is 1850 g/mol. The van der Waals surface area contributed by atoms with Gasteiger partial charge in [0, 0.05) is 119 Å². The second-order valence-electron chi connectivity index (χ2n) is 24.2. The third-order valence-corrected chi connectivity index (χ3v) is 17.3. The third kappa shape index (κ3) is 22.6. The first-order chi connectivity index (χ1) is 51.9. The molecule has 0 unspecified atom stereocenters. The Bertz CT molecular complexity index is 5380. The van der Waals surface area contributed by atoms with E-state index in [1.807, 2.05) is 166 Å². The second-order valence-corrected chi connectivity index (χ2v) is 25.6. The van der Waals surface area contributed by atoms with Crippen molar-refractivity contribution in [3.63, 3.8) is 0 Å². The number of para-hydroxylation sites is 1. The number of nitrogens with zero attached hydrogens (tertiary/aromatic N) is 7. The summed E-state index contributed by atoms with van der Waals surface area (Å²) in [6.07, 6.45) is 8.92. The van der Waals surface area contributed by atoms with Gasteiger partial charge in [-0.15, -0.1) is 123 Å². The molecule has 0 saturated carbocycles. The summed E-state index contributed by atoms with van der Waals surface area (Å²) in [7, 11) is -3.84. The summed E-state index contributed by atoms with van der Waals surface area (Å²) in [6, 6.07) is 81.6. The number of benzene rings is 7. The molecular formula is C88H74F5Ir2N7O7S-4. The number of alkyl halides is 3. The summed E-state index contributed by atoms with van der Waals surface area (Å²) in [6.45, 7) is 16.5.